The van der Waals surface area contributed by atoms with Gasteiger partial charge in [-0.3, -0.25) is 4.79 Å². The lowest BCUT2D eigenvalue weighted by Crippen LogP contribution is -2.14. The second kappa shape index (κ2) is 9.74. The quantitative estimate of drug-likeness (QED) is 0.175. The molecule has 0 atom stereocenters. The van der Waals surface area contributed by atoms with E-state index >= 15 is 0 Å². The standard InChI is InChI=1S/C19H19FN6O3S/c1-28-16-8-5-13(9-17(16)29-2)15(27)11-30-19-25-24-18(26(19)21)23-22-10-12-3-6-14(20)7-4-12/h3-10H,11,21H2,1-2H3,(H,23,24)/b22-10+. The number of rotatable bonds is 9. The van der Waals surface area contributed by atoms with Crippen molar-refractivity contribution >= 4 is 29.7 Å². The van der Waals surface area contributed by atoms with E-state index < -0.39 is 0 Å². The van der Waals surface area contributed by atoms with Crippen molar-refractivity contribution in [3.05, 3.63) is 59.4 Å². The molecule has 156 valence electrons. The summed E-state index contributed by atoms with van der Waals surface area (Å²) < 4.78 is 24.5. The number of Topliss-reactive ketones (excluding diaryl/α,β-unsaturated/α-hetero) is 1. The molecule has 0 fully saturated rings. The number of nitrogen functional groups attached to an aromatic ring is 1. The maximum absolute atomic E-state index is 12.9. The van der Waals surface area contributed by atoms with Crippen LogP contribution in [0.3, 0.4) is 0 Å². The zero-order chi connectivity index (χ0) is 21.5. The third kappa shape index (κ3) is 5.06. The first-order valence-corrected chi connectivity index (χ1v) is 9.63. The number of carbonyl (C=O) groups is 1. The summed E-state index contributed by atoms with van der Waals surface area (Å²) in [6, 6.07) is 10.8. The van der Waals surface area contributed by atoms with Crippen LogP contribution in [0.15, 0.2) is 52.7 Å². The largest absolute Gasteiger partial charge is 0.493 e. The van der Waals surface area contributed by atoms with E-state index in [1.54, 1.807) is 30.3 Å². The van der Waals surface area contributed by atoms with Crippen molar-refractivity contribution in [1.82, 2.24) is 14.9 Å². The van der Waals surface area contributed by atoms with Gasteiger partial charge in [-0.15, -0.1) is 10.2 Å². The molecular weight excluding hydrogens is 411 g/mol. The number of ketones is 1. The lowest BCUT2D eigenvalue weighted by atomic mass is 10.1. The fourth-order valence-corrected chi connectivity index (χ4v) is 3.14. The molecule has 0 saturated heterocycles. The topological polar surface area (TPSA) is 117 Å². The zero-order valence-electron chi connectivity index (χ0n) is 16.2. The number of nitrogens with two attached hydrogens (primary N) is 1. The first kappa shape index (κ1) is 21.1. The second-order valence-corrected chi connectivity index (χ2v) is 6.82. The third-order valence-electron chi connectivity index (χ3n) is 3.95. The maximum atomic E-state index is 12.9. The molecule has 0 spiro atoms. The van der Waals surface area contributed by atoms with Crippen LogP contribution in [0.2, 0.25) is 0 Å². The summed E-state index contributed by atoms with van der Waals surface area (Å²) >= 11 is 1.13. The van der Waals surface area contributed by atoms with Crippen molar-refractivity contribution in [3.8, 4) is 11.5 Å². The van der Waals surface area contributed by atoms with Crippen LogP contribution >= 0.6 is 11.8 Å². The van der Waals surface area contributed by atoms with E-state index in [1.807, 2.05) is 0 Å². The molecule has 2 aromatic carbocycles. The van der Waals surface area contributed by atoms with Crippen molar-refractivity contribution in [2.24, 2.45) is 5.10 Å². The summed E-state index contributed by atoms with van der Waals surface area (Å²) in [5.41, 5.74) is 3.83. The molecule has 0 aliphatic heterocycles. The molecule has 9 nitrogen and oxygen atoms in total. The highest BCUT2D eigenvalue weighted by molar-refractivity contribution is 7.99. The van der Waals surface area contributed by atoms with Crippen LogP contribution in [-0.2, 0) is 0 Å². The molecule has 0 amide bonds. The van der Waals surface area contributed by atoms with Crippen LogP contribution in [0, 0.1) is 5.82 Å². The molecule has 1 aromatic heterocycles. The van der Waals surface area contributed by atoms with Crippen molar-refractivity contribution in [2.75, 3.05) is 31.2 Å². The number of aromatic nitrogens is 3. The number of anilines is 1. The number of hydrogen-bond donors (Lipinski definition) is 2. The van der Waals surface area contributed by atoms with E-state index in [2.05, 4.69) is 20.7 Å². The number of thioether (sulfide) groups is 1. The molecule has 0 unspecified atom stereocenters. The predicted octanol–water partition coefficient (Wildman–Crippen LogP) is 2.57. The lowest BCUT2D eigenvalue weighted by molar-refractivity contribution is 0.102. The Morgan fingerprint density at radius 3 is 2.63 bits per heavy atom. The average molecular weight is 430 g/mol. The van der Waals surface area contributed by atoms with E-state index in [0.29, 0.717) is 27.8 Å². The van der Waals surface area contributed by atoms with Gasteiger partial charge in [0.2, 0.25) is 5.16 Å². The minimum absolute atomic E-state index is 0.101. The van der Waals surface area contributed by atoms with Gasteiger partial charge in [-0.25, -0.2) is 14.5 Å². The van der Waals surface area contributed by atoms with Gasteiger partial charge in [0.1, 0.15) is 5.82 Å². The Labute approximate surface area is 176 Å². The Bertz CT molecular complexity index is 1050. The van der Waals surface area contributed by atoms with E-state index in [-0.39, 0.29) is 23.3 Å². The summed E-state index contributed by atoms with van der Waals surface area (Å²) in [7, 11) is 3.03. The molecule has 11 heteroatoms. The summed E-state index contributed by atoms with van der Waals surface area (Å²) in [4.78, 5) is 12.5. The highest BCUT2D eigenvalue weighted by Gasteiger charge is 2.15. The molecular formula is C19H19FN6O3S. The van der Waals surface area contributed by atoms with Crippen LogP contribution < -0.4 is 20.7 Å². The number of methoxy groups -OCH3 is 2. The fraction of sp³-hybridized carbons (Fsp3) is 0.158. The average Bonchev–Trinajstić information content (AvgIpc) is 3.12. The zero-order valence-corrected chi connectivity index (χ0v) is 17.0. The smallest absolute Gasteiger partial charge is 0.264 e. The van der Waals surface area contributed by atoms with Crippen LogP contribution in [0.25, 0.3) is 0 Å². The molecule has 3 rings (SSSR count). The van der Waals surface area contributed by atoms with Crippen molar-refractivity contribution in [3.63, 3.8) is 0 Å². The van der Waals surface area contributed by atoms with E-state index in [9.17, 15) is 9.18 Å². The number of carbonyl (C=O) groups excluding carboxylic acids is 1. The Balaban J connectivity index is 1.59. The number of nitrogens with one attached hydrogen (secondary N) is 1. The SMILES string of the molecule is COc1ccc(C(=O)CSc2nnc(N/N=C/c3ccc(F)cc3)n2N)cc1OC. The molecule has 0 saturated carbocycles. The molecule has 3 aromatic rings. The van der Waals surface area contributed by atoms with Gasteiger partial charge in [-0.1, -0.05) is 23.9 Å². The number of ether oxygens (including phenoxy) is 2. The van der Waals surface area contributed by atoms with E-state index in [0.717, 1.165) is 11.8 Å². The first-order valence-electron chi connectivity index (χ1n) is 8.65. The number of halogens is 1. The first-order chi connectivity index (χ1) is 14.5. The lowest BCUT2D eigenvalue weighted by Gasteiger charge is -2.09. The minimum Gasteiger partial charge on any atom is -0.493 e. The van der Waals surface area contributed by atoms with Gasteiger partial charge in [0.25, 0.3) is 5.95 Å². The van der Waals surface area contributed by atoms with Crippen LogP contribution in [0.5, 0.6) is 11.5 Å². The third-order valence-corrected chi connectivity index (χ3v) is 4.89. The molecule has 0 bridgehead atoms. The number of hydrogen-bond acceptors (Lipinski definition) is 9. The molecule has 0 aliphatic carbocycles. The number of hydrazone groups is 1. The van der Waals surface area contributed by atoms with Gasteiger partial charge < -0.3 is 15.3 Å². The summed E-state index contributed by atoms with van der Waals surface area (Å²) in [5, 5.41) is 12.2. The summed E-state index contributed by atoms with van der Waals surface area (Å²) in [5.74, 6) is 6.79. The summed E-state index contributed by atoms with van der Waals surface area (Å²) in [6.45, 7) is 0. The highest BCUT2D eigenvalue weighted by atomic mass is 32.2. The molecule has 1 heterocycles. The van der Waals surface area contributed by atoms with E-state index in [4.69, 9.17) is 15.3 Å². The predicted molar refractivity (Wildman–Crippen MR) is 112 cm³/mol. The maximum Gasteiger partial charge on any atom is 0.264 e. The summed E-state index contributed by atoms with van der Waals surface area (Å²) in [6.07, 6.45) is 1.49. The van der Waals surface area contributed by atoms with E-state index in [1.165, 1.54) is 37.2 Å². The molecule has 0 radical (unpaired) electrons. The highest BCUT2D eigenvalue weighted by Crippen LogP contribution is 2.28. The van der Waals surface area contributed by atoms with Gasteiger partial charge in [0, 0.05) is 5.56 Å². The normalized spacial score (nSPS) is 10.9. The Morgan fingerprint density at radius 2 is 1.93 bits per heavy atom. The van der Waals surface area contributed by atoms with Gasteiger partial charge >= 0.3 is 0 Å². The second-order valence-electron chi connectivity index (χ2n) is 5.88. The number of benzene rings is 2. The van der Waals surface area contributed by atoms with Crippen molar-refractivity contribution in [2.45, 2.75) is 5.16 Å². The van der Waals surface area contributed by atoms with Gasteiger partial charge in [-0.05, 0) is 35.9 Å². The van der Waals surface area contributed by atoms with Gasteiger partial charge in [0.05, 0.1) is 26.2 Å². The van der Waals surface area contributed by atoms with Gasteiger partial charge in [0.15, 0.2) is 17.3 Å². The molecule has 0 aliphatic rings. The molecule has 3 N–H and O–H groups in total. The Hall–Kier alpha value is -3.60. The minimum atomic E-state index is -0.328. The monoisotopic (exact) mass is 430 g/mol. The molecule has 30 heavy (non-hydrogen) atoms. The van der Waals surface area contributed by atoms with Gasteiger partial charge in [-0.2, -0.15) is 5.10 Å². The van der Waals surface area contributed by atoms with Crippen LogP contribution in [-0.4, -0.2) is 46.8 Å². The van der Waals surface area contributed by atoms with Crippen molar-refractivity contribution in [1.29, 1.82) is 0 Å². The Morgan fingerprint density at radius 1 is 1.20 bits per heavy atom. The van der Waals surface area contributed by atoms with Crippen LogP contribution in [0.4, 0.5) is 10.3 Å². The number of nitrogens with zero attached hydrogens (tertiary/aromatic N) is 4. The van der Waals surface area contributed by atoms with Crippen molar-refractivity contribution < 1.29 is 18.7 Å². The van der Waals surface area contributed by atoms with Crippen LogP contribution in [0.1, 0.15) is 15.9 Å². The fourth-order valence-electron chi connectivity index (χ4n) is 2.39. The Kier molecular flexibility index (Phi) is 6.86.